The molecule has 0 aromatic heterocycles. The van der Waals surface area contributed by atoms with Crippen LogP contribution in [0.1, 0.15) is 87.6 Å². The molecule has 1 unspecified atom stereocenters. The quantitative estimate of drug-likeness (QED) is 0.148. The van der Waals surface area contributed by atoms with Gasteiger partial charge in [0.15, 0.2) is 0 Å². The van der Waals surface area contributed by atoms with Gasteiger partial charge in [0.2, 0.25) is 0 Å². The summed E-state index contributed by atoms with van der Waals surface area (Å²) in [5, 5.41) is 20.6. The van der Waals surface area contributed by atoms with E-state index in [1.807, 2.05) is 32.2 Å². The Hall–Kier alpha value is -2.13. The number of amides is 1. The SMILES string of the molecule is C=N/C(=C\C=C/CCC(C)(O)CCNC)NC(=O)c1ccc(C2(C)CC2)cc1N1CCC2(CC1)CC2.NS. The minimum atomic E-state index is -0.696. The molecule has 0 radical (unpaired) electrons. The number of carbonyl (C=O) groups excluding carboxylic acids is 1. The molecule has 38 heavy (non-hydrogen) atoms. The van der Waals surface area contributed by atoms with E-state index in [2.05, 4.69) is 64.3 Å². The topological polar surface area (TPSA) is 103 Å². The number of aliphatic hydroxyl groups is 1. The second-order valence-corrected chi connectivity index (χ2v) is 11.8. The molecule has 2 saturated carbocycles. The van der Waals surface area contributed by atoms with Crippen LogP contribution in [0.5, 0.6) is 0 Å². The largest absolute Gasteiger partial charge is 0.390 e. The highest BCUT2D eigenvalue weighted by atomic mass is 32.1. The number of nitrogens with one attached hydrogen (secondary N) is 2. The summed E-state index contributed by atoms with van der Waals surface area (Å²) in [6.45, 7) is 10.6. The Morgan fingerprint density at radius 3 is 2.47 bits per heavy atom. The Morgan fingerprint density at radius 1 is 1.21 bits per heavy atom. The molecule has 1 aromatic rings. The molecule has 3 fully saturated rings. The summed E-state index contributed by atoms with van der Waals surface area (Å²) in [5.41, 5.74) is 3.25. The van der Waals surface area contributed by atoms with Gasteiger partial charge in [0.05, 0.1) is 11.2 Å². The normalized spacial score (nSPS) is 20.9. The van der Waals surface area contributed by atoms with Gasteiger partial charge in [-0.15, -0.1) is 12.8 Å². The standard InChI is InChI=1S/C30H44N4O2.H3NS/c1-28(12-13-28)23-9-10-24(25(22-23)34-20-17-30(14-15-30)18-21-34)27(35)33-26(32-4)8-6-5-7-11-29(2,36)16-19-31-3;1-2/h5-6,8-10,22,31,36H,4,7,11-21H2,1-3H3,(H,33,35);2H,1H2/b6-5-,26-8+;. The molecule has 1 spiro atoms. The van der Waals surface area contributed by atoms with Crippen molar-refractivity contribution in [2.45, 2.75) is 82.7 Å². The van der Waals surface area contributed by atoms with E-state index in [1.54, 1.807) is 6.08 Å². The minimum absolute atomic E-state index is 0.147. The molecule has 7 nitrogen and oxygen atoms in total. The van der Waals surface area contributed by atoms with E-state index in [0.717, 1.165) is 31.7 Å². The van der Waals surface area contributed by atoms with Crippen LogP contribution in [-0.4, -0.2) is 50.0 Å². The summed E-state index contributed by atoms with van der Waals surface area (Å²) in [7, 11) is 1.89. The van der Waals surface area contributed by atoms with Crippen LogP contribution < -0.4 is 20.7 Å². The van der Waals surface area contributed by atoms with Crippen LogP contribution in [0.4, 0.5) is 5.69 Å². The van der Waals surface area contributed by atoms with Crippen LogP contribution >= 0.6 is 12.8 Å². The lowest BCUT2D eigenvalue weighted by Gasteiger charge is -2.35. The van der Waals surface area contributed by atoms with Gasteiger partial charge in [0, 0.05) is 18.8 Å². The minimum Gasteiger partial charge on any atom is -0.390 e. The number of nitrogens with two attached hydrogens (primary N) is 1. The lowest BCUT2D eigenvalue weighted by molar-refractivity contribution is 0.0437. The van der Waals surface area contributed by atoms with Crippen molar-refractivity contribution in [2.75, 3.05) is 31.6 Å². The van der Waals surface area contributed by atoms with Gasteiger partial charge in [-0.1, -0.05) is 25.1 Å². The van der Waals surface area contributed by atoms with Crippen molar-refractivity contribution in [3.8, 4) is 0 Å². The molecule has 1 atom stereocenters. The van der Waals surface area contributed by atoms with Gasteiger partial charge in [0.25, 0.3) is 5.91 Å². The summed E-state index contributed by atoms with van der Waals surface area (Å²) in [4.78, 5) is 19.8. The van der Waals surface area contributed by atoms with Gasteiger partial charge in [0.1, 0.15) is 5.82 Å². The number of carbonyl (C=O) groups is 1. The van der Waals surface area contributed by atoms with Crippen molar-refractivity contribution in [1.29, 1.82) is 0 Å². The zero-order valence-electron chi connectivity index (χ0n) is 23.4. The first kappa shape index (κ1) is 30.4. The van der Waals surface area contributed by atoms with Gasteiger partial charge in [-0.05, 0) is 120 Å². The Balaban J connectivity index is 0.00000195. The highest BCUT2D eigenvalue weighted by molar-refractivity contribution is 7.77. The number of thiol groups is 1. The van der Waals surface area contributed by atoms with Gasteiger partial charge >= 0.3 is 0 Å². The molecule has 0 bridgehead atoms. The first-order chi connectivity index (χ1) is 18.2. The zero-order chi connectivity index (χ0) is 27.8. The van der Waals surface area contributed by atoms with Crippen LogP contribution in [0.3, 0.4) is 0 Å². The van der Waals surface area contributed by atoms with Crippen LogP contribution in [0, 0.1) is 5.41 Å². The molecule has 2 aliphatic carbocycles. The molecule has 3 aliphatic rings. The van der Waals surface area contributed by atoms with Crippen LogP contribution in [0.15, 0.2) is 47.2 Å². The lowest BCUT2D eigenvalue weighted by atomic mass is 9.91. The summed E-state index contributed by atoms with van der Waals surface area (Å²) < 4.78 is 0. The van der Waals surface area contributed by atoms with Gasteiger partial charge in [-0.25, -0.2) is 4.99 Å². The van der Waals surface area contributed by atoms with E-state index < -0.39 is 5.60 Å². The summed E-state index contributed by atoms with van der Waals surface area (Å²) in [6.07, 6.45) is 15.4. The number of anilines is 1. The van der Waals surface area contributed by atoms with Gasteiger partial charge < -0.3 is 20.6 Å². The molecule has 210 valence electrons. The number of hydrogen-bond acceptors (Lipinski definition) is 7. The van der Waals surface area contributed by atoms with E-state index in [9.17, 15) is 9.90 Å². The fraction of sp³-hybridized carbons (Fsp3) is 0.600. The third kappa shape index (κ3) is 8.18. The Bertz CT molecular complexity index is 1020. The van der Waals surface area contributed by atoms with Gasteiger partial charge in [-0.3, -0.25) is 9.93 Å². The predicted octanol–water partition coefficient (Wildman–Crippen LogP) is 4.88. The Morgan fingerprint density at radius 2 is 1.89 bits per heavy atom. The van der Waals surface area contributed by atoms with E-state index in [0.29, 0.717) is 29.6 Å². The fourth-order valence-electron chi connectivity index (χ4n) is 5.22. The maximum Gasteiger partial charge on any atom is 0.258 e. The average Bonchev–Trinajstić information content (AvgIpc) is 3.86. The van der Waals surface area contributed by atoms with Crippen molar-refractivity contribution in [2.24, 2.45) is 15.5 Å². The summed E-state index contributed by atoms with van der Waals surface area (Å²) in [5.74, 6) is 0.282. The third-order valence-corrected chi connectivity index (χ3v) is 8.63. The van der Waals surface area contributed by atoms with Crippen LogP contribution in [0.25, 0.3) is 0 Å². The molecule has 8 heteroatoms. The molecular weight excluding hydrogens is 494 g/mol. The Labute approximate surface area is 234 Å². The van der Waals surface area contributed by atoms with E-state index in [4.69, 9.17) is 0 Å². The highest BCUT2D eigenvalue weighted by Crippen LogP contribution is 2.54. The molecule has 1 heterocycles. The first-order valence-electron chi connectivity index (χ1n) is 13.9. The summed E-state index contributed by atoms with van der Waals surface area (Å²) in [6, 6.07) is 6.38. The van der Waals surface area contributed by atoms with Crippen molar-refractivity contribution >= 4 is 31.1 Å². The lowest BCUT2D eigenvalue weighted by Crippen LogP contribution is -2.36. The fourth-order valence-corrected chi connectivity index (χ4v) is 5.22. The van der Waals surface area contributed by atoms with E-state index in [1.165, 1.54) is 44.1 Å². The second kappa shape index (κ2) is 13.3. The van der Waals surface area contributed by atoms with Crippen molar-refractivity contribution < 1.29 is 9.90 Å². The first-order valence-corrected chi connectivity index (χ1v) is 14.4. The maximum absolute atomic E-state index is 13.4. The number of benzene rings is 1. The number of allylic oxidation sites excluding steroid dienone is 3. The number of rotatable bonds is 12. The average molecular weight is 542 g/mol. The van der Waals surface area contributed by atoms with E-state index in [-0.39, 0.29) is 11.3 Å². The van der Waals surface area contributed by atoms with E-state index >= 15 is 0 Å². The number of piperidine rings is 1. The third-order valence-electron chi connectivity index (χ3n) is 8.63. The number of hydrogen-bond donors (Lipinski definition) is 5. The highest BCUT2D eigenvalue weighted by Gasteiger charge is 2.45. The molecule has 5 N–H and O–H groups in total. The molecule has 1 aliphatic heterocycles. The molecule has 4 rings (SSSR count). The monoisotopic (exact) mass is 541 g/mol. The number of nitrogens with zero attached hydrogens (tertiary/aromatic N) is 2. The maximum atomic E-state index is 13.4. The van der Waals surface area contributed by atoms with Crippen molar-refractivity contribution in [1.82, 2.24) is 10.6 Å². The molecule has 1 saturated heterocycles. The zero-order valence-corrected chi connectivity index (χ0v) is 24.3. The van der Waals surface area contributed by atoms with Crippen molar-refractivity contribution in [3.05, 3.63) is 53.4 Å². The molecular formula is C30H47N5O2S. The van der Waals surface area contributed by atoms with Crippen molar-refractivity contribution in [3.63, 3.8) is 0 Å². The van der Waals surface area contributed by atoms with Crippen LogP contribution in [0.2, 0.25) is 0 Å². The smallest absolute Gasteiger partial charge is 0.258 e. The summed E-state index contributed by atoms with van der Waals surface area (Å²) >= 11 is 3.03. The number of aliphatic imine (C=N–C) groups is 1. The predicted molar refractivity (Wildman–Crippen MR) is 162 cm³/mol. The molecule has 1 amide bonds. The Kier molecular flexibility index (Phi) is 10.6. The van der Waals surface area contributed by atoms with Crippen LogP contribution in [-0.2, 0) is 5.41 Å². The molecule has 1 aromatic carbocycles. The second-order valence-electron chi connectivity index (χ2n) is 11.8. The van der Waals surface area contributed by atoms with Gasteiger partial charge in [-0.2, -0.15) is 0 Å².